The number of nitrogens with one attached hydrogen (secondary N) is 1. The van der Waals surface area contributed by atoms with Crippen LogP contribution in [-0.2, 0) is 5.88 Å². The van der Waals surface area contributed by atoms with Crippen molar-refractivity contribution in [1.82, 2.24) is 9.97 Å². The third-order valence-electron chi connectivity index (χ3n) is 2.81. The fraction of sp³-hybridized carbons (Fsp3) is 0.600. The van der Waals surface area contributed by atoms with E-state index >= 15 is 0 Å². The van der Waals surface area contributed by atoms with Crippen LogP contribution in [-0.4, -0.2) is 9.97 Å². The first-order chi connectivity index (χ1) is 7.22. The van der Waals surface area contributed by atoms with Gasteiger partial charge in [-0.3, -0.25) is 4.79 Å². The molecule has 82 valence electrons. The zero-order valence-corrected chi connectivity index (χ0v) is 11.1. The van der Waals surface area contributed by atoms with E-state index in [0.29, 0.717) is 11.7 Å². The van der Waals surface area contributed by atoms with Crippen LogP contribution in [0.3, 0.4) is 0 Å². The Labute approximate surface area is 107 Å². The van der Waals surface area contributed by atoms with Crippen LogP contribution in [0.15, 0.2) is 4.79 Å². The summed E-state index contributed by atoms with van der Waals surface area (Å²) in [6.07, 6.45) is 4.78. The van der Waals surface area contributed by atoms with Crippen LogP contribution in [0.2, 0.25) is 0 Å². The lowest BCUT2D eigenvalue weighted by Crippen LogP contribution is -2.19. The summed E-state index contributed by atoms with van der Waals surface area (Å²) in [4.78, 5) is 18.7. The van der Waals surface area contributed by atoms with Crippen molar-refractivity contribution in [3.8, 4) is 0 Å². The van der Waals surface area contributed by atoms with Crippen molar-refractivity contribution in [3.63, 3.8) is 0 Å². The Bertz CT molecular complexity index is 412. The summed E-state index contributed by atoms with van der Waals surface area (Å²) in [5, 5.41) is 0. The first-order valence-electron chi connectivity index (χ1n) is 5.07. The van der Waals surface area contributed by atoms with E-state index in [9.17, 15) is 4.79 Å². The summed E-state index contributed by atoms with van der Waals surface area (Å²) in [6.45, 7) is 0. The molecule has 0 radical (unpaired) electrons. The van der Waals surface area contributed by atoms with Crippen molar-refractivity contribution in [2.45, 2.75) is 37.5 Å². The van der Waals surface area contributed by atoms with Crippen LogP contribution in [0.5, 0.6) is 0 Å². The molecule has 1 aromatic rings. The van der Waals surface area contributed by atoms with Gasteiger partial charge in [0, 0.05) is 5.92 Å². The van der Waals surface area contributed by atoms with Gasteiger partial charge < -0.3 is 4.98 Å². The molecule has 1 fully saturated rings. The van der Waals surface area contributed by atoms with Crippen LogP contribution < -0.4 is 5.56 Å². The van der Waals surface area contributed by atoms with Crippen molar-refractivity contribution in [3.05, 3.63) is 25.4 Å². The second-order valence-corrected chi connectivity index (χ2v) is 5.17. The second kappa shape index (κ2) is 4.82. The van der Waals surface area contributed by atoms with Gasteiger partial charge in [-0.05, 0) is 35.4 Å². The van der Waals surface area contributed by atoms with Gasteiger partial charge in [0.25, 0.3) is 5.56 Å². The zero-order valence-electron chi connectivity index (χ0n) is 8.22. The van der Waals surface area contributed by atoms with Crippen molar-refractivity contribution < 1.29 is 0 Å². The van der Waals surface area contributed by atoms with E-state index in [1.54, 1.807) is 0 Å². The van der Waals surface area contributed by atoms with E-state index in [2.05, 4.69) is 32.6 Å². The van der Waals surface area contributed by atoms with Crippen LogP contribution in [0.25, 0.3) is 0 Å². The lowest BCUT2D eigenvalue weighted by molar-refractivity contribution is 0.679. The van der Waals surface area contributed by atoms with E-state index in [0.717, 1.165) is 22.1 Å². The number of aromatic amines is 1. The van der Waals surface area contributed by atoms with E-state index in [4.69, 9.17) is 11.6 Å². The van der Waals surface area contributed by atoms with E-state index in [-0.39, 0.29) is 11.4 Å². The molecule has 0 aliphatic heterocycles. The Balaban J connectivity index is 2.44. The Hall–Kier alpha value is -0.100. The third kappa shape index (κ3) is 2.36. The van der Waals surface area contributed by atoms with Crippen LogP contribution >= 0.6 is 34.2 Å². The molecule has 1 aliphatic carbocycles. The highest BCUT2D eigenvalue weighted by atomic mass is 127. The average Bonchev–Trinajstić information content (AvgIpc) is 2.75. The highest BCUT2D eigenvalue weighted by Crippen LogP contribution is 2.34. The summed E-state index contributed by atoms with van der Waals surface area (Å²) < 4.78 is 0.730. The quantitative estimate of drug-likeness (QED) is 0.666. The van der Waals surface area contributed by atoms with Crippen molar-refractivity contribution in [2.75, 3.05) is 0 Å². The minimum Gasteiger partial charge on any atom is -0.309 e. The largest absolute Gasteiger partial charge is 0.309 e. The normalized spacial score (nSPS) is 17.2. The van der Waals surface area contributed by atoms with Gasteiger partial charge in [-0.1, -0.05) is 12.8 Å². The van der Waals surface area contributed by atoms with Gasteiger partial charge >= 0.3 is 0 Å². The monoisotopic (exact) mass is 338 g/mol. The first kappa shape index (κ1) is 11.4. The van der Waals surface area contributed by atoms with Crippen molar-refractivity contribution >= 4 is 34.2 Å². The number of hydrogen-bond donors (Lipinski definition) is 1. The molecule has 1 aliphatic rings. The highest BCUT2D eigenvalue weighted by Gasteiger charge is 2.22. The molecule has 1 saturated carbocycles. The molecule has 5 heteroatoms. The smallest absolute Gasteiger partial charge is 0.264 e. The summed E-state index contributed by atoms with van der Waals surface area (Å²) in [5.41, 5.74) is 0.899. The molecule has 0 atom stereocenters. The molecular weight excluding hydrogens is 326 g/mol. The number of rotatable bonds is 2. The van der Waals surface area contributed by atoms with Gasteiger partial charge in [-0.2, -0.15) is 0 Å². The molecule has 1 heterocycles. The maximum atomic E-state index is 11.6. The topological polar surface area (TPSA) is 45.8 Å². The summed E-state index contributed by atoms with van der Waals surface area (Å²) in [5.74, 6) is 1.32. The highest BCUT2D eigenvalue weighted by molar-refractivity contribution is 14.1. The molecule has 3 nitrogen and oxygen atoms in total. The number of hydrogen-bond acceptors (Lipinski definition) is 2. The van der Waals surface area contributed by atoms with E-state index in [1.165, 1.54) is 12.8 Å². The van der Waals surface area contributed by atoms with Crippen LogP contribution in [0.4, 0.5) is 0 Å². The Kier molecular flexibility index (Phi) is 3.66. The minimum atomic E-state index is -0.0526. The molecular formula is C10H12ClIN2O. The summed E-state index contributed by atoms with van der Waals surface area (Å²) in [6, 6.07) is 0. The second-order valence-electron chi connectivity index (χ2n) is 3.83. The standard InChI is InChI=1S/C10H12ClIN2O/c11-5-7-13-9(6-3-1-2-4-6)8(12)10(15)14-7/h6H,1-5H2,(H,13,14,15). The fourth-order valence-electron chi connectivity index (χ4n) is 2.06. The predicted octanol–water partition coefficient (Wildman–Crippen LogP) is 2.77. The zero-order chi connectivity index (χ0) is 10.8. The minimum absolute atomic E-state index is 0.0526. The number of H-pyrrole nitrogens is 1. The number of halogens is 2. The van der Waals surface area contributed by atoms with Crippen molar-refractivity contribution in [2.24, 2.45) is 0 Å². The fourth-order valence-corrected chi connectivity index (χ4v) is 2.88. The maximum Gasteiger partial charge on any atom is 0.264 e. The van der Waals surface area contributed by atoms with E-state index < -0.39 is 0 Å². The van der Waals surface area contributed by atoms with Crippen LogP contribution in [0.1, 0.15) is 43.1 Å². The average molecular weight is 339 g/mol. The Morgan fingerprint density at radius 1 is 1.47 bits per heavy atom. The lowest BCUT2D eigenvalue weighted by Gasteiger charge is -2.10. The van der Waals surface area contributed by atoms with Crippen LogP contribution in [0, 0.1) is 3.57 Å². The van der Waals surface area contributed by atoms with Gasteiger partial charge in [0.05, 0.1) is 15.1 Å². The van der Waals surface area contributed by atoms with Gasteiger partial charge in [0.1, 0.15) is 5.82 Å². The number of aromatic nitrogens is 2. The maximum absolute atomic E-state index is 11.6. The molecule has 0 aromatic carbocycles. The lowest BCUT2D eigenvalue weighted by atomic mass is 10.0. The van der Waals surface area contributed by atoms with Gasteiger partial charge in [-0.25, -0.2) is 4.98 Å². The number of nitrogens with zero attached hydrogens (tertiary/aromatic N) is 1. The van der Waals surface area contributed by atoms with E-state index in [1.807, 2.05) is 0 Å². The predicted molar refractivity (Wildman–Crippen MR) is 68.3 cm³/mol. The molecule has 0 amide bonds. The molecule has 1 aromatic heterocycles. The van der Waals surface area contributed by atoms with Gasteiger partial charge in [-0.15, -0.1) is 11.6 Å². The third-order valence-corrected chi connectivity index (χ3v) is 4.10. The van der Waals surface area contributed by atoms with Crippen molar-refractivity contribution in [1.29, 1.82) is 0 Å². The number of alkyl halides is 1. The molecule has 0 unspecified atom stereocenters. The summed E-state index contributed by atoms with van der Waals surface area (Å²) in [7, 11) is 0. The first-order valence-corrected chi connectivity index (χ1v) is 6.68. The molecule has 0 saturated heterocycles. The van der Waals surface area contributed by atoms with Gasteiger partial charge in [0.2, 0.25) is 0 Å². The molecule has 2 rings (SSSR count). The molecule has 15 heavy (non-hydrogen) atoms. The Morgan fingerprint density at radius 3 is 2.73 bits per heavy atom. The summed E-state index contributed by atoms with van der Waals surface area (Å²) >= 11 is 7.77. The van der Waals surface area contributed by atoms with Gasteiger partial charge in [0.15, 0.2) is 0 Å². The molecule has 0 spiro atoms. The SMILES string of the molecule is O=c1[nH]c(CCl)nc(C2CCCC2)c1I. The molecule has 0 bridgehead atoms. The molecule has 1 N–H and O–H groups in total. The Morgan fingerprint density at radius 2 is 2.13 bits per heavy atom.